The van der Waals surface area contributed by atoms with Gasteiger partial charge in [-0.05, 0) is 60.7 Å². The molecule has 4 heterocycles. The van der Waals surface area contributed by atoms with Crippen molar-refractivity contribution in [1.82, 2.24) is 20.1 Å². The van der Waals surface area contributed by atoms with E-state index in [4.69, 9.17) is 15.5 Å². The third-order valence-electron chi connectivity index (χ3n) is 8.56. The smallest absolute Gasteiger partial charge is 0.409 e. The molecule has 0 fully saturated rings. The van der Waals surface area contributed by atoms with Gasteiger partial charge in [-0.1, -0.05) is 19.4 Å². The van der Waals surface area contributed by atoms with E-state index in [1.165, 1.54) is 7.11 Å². The zero-order chi connectivity index (χ0) is 32.5. The van der Waals surface area contributed by atoms with Crippen molar-refractivity contribution in [3.8, 4) is 23.1 Å². The molecule has 2 bridgehead atoms. The predicted molar refractivity (Wildman–Crippen MR) is 172 cm³/mol. The number of H-pyrrole nitrogens is 1. The SMILES string of the molecule is COc1cc2cc(n1)[C@@H](N1CCC(c3c(C#N)ccc4c(N)n[nH]c34)=CC1=O)CCC[C@@H](C)C(=O)Nc1cc(NC(=O)O)ccc1-2. The molecule has 2 aromatic carbocycles. The molecule has 0 saturated carbocycles. The Morgan fingerprint density at radius 3 is 2.76 bits per heavy atom. The minimum absolute atomic E-state index is 0.198. The minimum Gasteiger partial charge on any atom is -0.481 e. The van der Waals surface area contributed by atoms with E-state index < -0.39 is 12.1 Å². The van der Waals surface area contributed by atoms with Gasteiger partial charge in [0.2, 0.25) is 17.7 Å². The maximum absolute atomic E-state index is 13.9. The maximum atomic E-state index is 13.9. The Hall–Kier alpha value is -5.90. The third kappa shape index (κ3) is 5.68. The number of nitriles is 1. The number of amides is 3. The van der Waals surface area contributed by atoms with Crippen LogP contribution in [0.4, 0.5) is 22.0 Å². The number of aromatic amines is 1. The van der Waals surface area contributed by atoms with E-state index in [1.54, 1.807) is 47.4 Å². The molecule has 0 unspecified atom stereocenters. The van der Waals surface area contributed by atoms with Crippen LogP contribution in [0.3, 0.4) is 0 Å². The van der Waals surface area contributed by atoms with Crippen LogP contribution >= 0.6 is 0 Å². The zero-order valence-corrected chi connectivity index (χ0v) is 25.3. The standard InChI is InChI=1S/C33H32N8O5/c1-17-4-3-5-26(41-11-10-18(14-28(41)42)29-19(16-34)6-8-23-30(29)39-40-31(23)35)25-12-20(13-27(37-25)46-2)22-9-7-21(36-33(44)45)15-24(22)38-32(17)43/h6-9,12-15,17,26,36H,3-5,10-11H2,1-2H3,(H,38,43)(H,44,45)(H3,35,39,40)/t17-,26+/m1/s1. The van der Waals surface area contributed by atoms with Crippen molar-refractivity contribution in [2.75, 3.05) is 30.0 Å². The van der Waals surface area contributed by atoms with Gasteiger partial charge in [-0.25, -0.2) is 9.78 Å². The topological polar surface area (TPSA) is 199 Å². The first kappa shape index (κ1) is 30.1. The summed E-state index contributed by atoms with van der Waals surface area (Å²) in [5.74, 6) is -0.128. The summed E-state index contributed by atoms with van der Waals surface area (Å²) in [5.41, 5.74) is 11.1. The van der Waals surface area contributed by atoms with Crippen LogP contribution in [-0.4, -0.2) is 56.7 Å². The van der Waals surface area contributed by atoms with E-state index in [1.807, 2.05) is 13.0 Å². The Labute approximate surface area is 264 Å². The summed E-state index contributed by atoms with van der Waals surface area (Å²) < 4.78 is 5.58. The summed E-state index contributed by atoms with van der Waals surface area (Å²) in [6.45, 7) is 2.21. The molecule has 2 aliphatic heterocycles. The summed E-state index contributed by atoms with van der Waals surface area (Å²) >= 11 is 0. The van der Waals surface area contributed by atoms with Crippen LogP contribution in [0, 0.1) is 17.2 Å². The van der Waals surface area contributed by atoms with Gasteiger partial charge >= 0.3 is 6.09 Å². The average Bonchev–Trinajstić information content (AvgIpc) is 3.42. The molecule has 2 aliphatic rings. The monoisotopic (exact) mass is 620 g/mol. The van der Waals surface area contributed by atoms with Gasteiger partial charge in [0, 0.05) is 46.8 Å². The number of methoxy groups -OCH3 is 1. The van der Waals surface area contributed by atoms with Crippen molar-refractivity contribution in [1.29, 1.82) is 5.26 Å². The van der Waals surface area contributed by atoms with Crippen LogP contribution in [-0.2, 0) is 9.59 Å². The van der Waals surface area contributed by atoms with Crippen LogP contribution in [0.15, 0.2) is 48.5 Å². The lowest BCUT2D eigenvalue weighted by Crippen LogP contribution is -2.38. The molecular formula is C33H32N8O5. The molecule has 0 spiro atoms. The number of hydrogen-bond acceptors (Lipinski definition) is 8. The first-order chi connectivity index (χ1) is 22.2. The minimum atomic E-state index is -1.22. The van der Waals surface area contributed by atoms with Gasteiger partial charge in [0.15, 0.2) is 5.82 Å². The average molecular weight is 621 g/mol. The largest absolute Gasteiger partial charge is 0.481 e. The molecule has 2 atom stereocenters. The number of pyridine rings is 1. The van der Waals surface area contributed by atoms with Crippen molar-refractivity contribution in [3.63, 3.8) is 0 Å². The van der Waals surface area contributed by atoms with Crippen LogP contribution in [0.2, 0.25) is 0 Å². The van der Waals surface area contributed by atoms with E-state index in [0.29, 0.717) is 99.7 Å². The number of aromatic nitrogens is 3. The number of nitrogens with zero attached hydrogens (tertiary/aromatic N) is 4. The summed E-state index contributed by atoms with van der Waals surface area (Å²) in [5, 5.41) is 32.1. The second-order valence-electron chi connectivity index (χ2n) is 11.4. The number of anilines is 3. The Kier molecular flexibility index (Phi) is 8.02. The first-order valence-corrected chi connectivity index (χ1v) is 14.9. The van der Waals surface area contributed by atoms with Gasteiger partial charge in [0.1, 0.15) is 0 Å². The molecule has 3 amide bonds. The van der Waals surface area contributed by atoms with Crippen molar-refractivity contribution < 1.29 is 24.2 Å². The summed E-state index contributed by atoms with van der Waals surface area (Å²) in [7, 11) is 1.51. The number of nitrogens with one attached hydrogen (secondary N) is 3. The van der Waals surface area contributed by atoms with Gasteiger partial charge in [-0.2, -0.15) is 10.4 Å². The summed E-state index contributed by atoms with van der Waals surface area (Å²) in [6.07, 6.45) is 2.56. The number of fused-ring (bicyclic) bond motifs is 5. The normalized spacial score (nSPS) is 18.4. The molecule has 46 heavy (non-hydrogen) atoms. The zero-order valence-electron chi connectivity index (χ0n) is 25.3. The number of benzene rings is 2. The Bertz CT molecular complexity index is 1960. The number of carbonyl (C=O) groups excluding carboxylic acids is 2. The van der Waals surface area contributed by atoms with Gasteiger partial charge in [0.05, 0.1) is 41.7 Å². The number of hydrogen-bond donors (Lipinski definition) is 5. The van der Waals surface area contributed by atoms with Crippen LogP contribution in [0.5, 0.6) is 5.88 Å². The maximum Gasteiger partial charge on any atom is 0.409 e. The number of carboxylic acid groups (broad SMARTS) is 1. The van der Waals surface area contributed by atoms with Crippen LogP contribution in [0.1, 0.15) is 55.5 Å². The molecule has 13 heteroatoms. The van der Waals surface area contributed by atoms with E-state index in [-0.39, 0.29) is 17.7 Å². The van der Waals surface area contributed by atoms with Crippen LogP contribution in [0.25, 0.3) is 27.6 Å². The van der Waals surface area contributed by atoms with Crippen molar-refractivity contribution in [2.24, 2.45) is 5.92 Å². The third-order valence-corrected chi connectivity index (χ3v) is 8.56. The molecule has 0 radical (unpaired) electrons. The molecule has 2 aromatic heterocycles. The second kappa shape index (κ2) is 12.2. The highest BCUT2D eigenvalue weighted by Gasteiger charge is 2.31. The molecule has 4 aromatic rings. The lowest BCUT2D eigenvalue weighted by molar-refractivity contribution is -0.129. The Morgan fingerprint density at radius 2 is 2.02 bits per heavy atom. The molecule has 13 nitrogen and oxygen atoms in total. The van der Waals surface area contributed by atoms with Crippen molar-refractivity contribution >= 4 is 51.6 Å². The van der Waals surface area contributed by atoms with Crippen molar-refractivity contribution in [2.45, 2.75) is 38.6 Å². The van der Waals surface area contributed by atoms with Gasteiger partial charge in [0.25, 0.3) is 0 Å². The van der Waals surface area contributed by atoms with Crippen LogP contribution < -0.4 is 21.1 Å². The Balaban J connectivity index is 1.43. The van der Waals surface area contributed by atoms with E-state index in [9.17, 15) is 24.8 Å². The Morgan fingerprint density at radius 1 is 1.20 bits per heavy atom. The molecule has 0 saturated heterocycles. The fourth-order valence-corrected chi connectivity index (χ4v) is 6.22. The summed E-state index contributed by atoms with van der Waals surface area (Å²) in [6, 6.07) is 13.8. The molecule has 0 aliphatic carbocycles. The molecule has 6 N–H and O–H groups in total. The molecular weight excluding hydrogens is 588 g/mol. The first-order valence-electron chi connectivity index (χ1n) is 14.9. The fraction of sp³-hybridized carbons (Fsp3) is 0.273. The predicted octanol–water partition coefficient (Wildman–Crippen LogP) is 5.29. The van der Waals surface area contributed by atoms with E-state index in [0.717, 1.165) is 0 Å². The van der Waals surface area contributed by atoms with Crippen molar-refractivity contribution in [3.05, 3.63) is 65.4 Å². The lowest BCUT2D eigenvalue weighted by Gasteiger charge is -2.35. The second-order valence-corrected chi connectivity index (χ2v) is 11.4. The number of rotatable bonds is 4. The molecule has 234 valence electrons. The number of ether oxygens (including phenoxy) is 1. The van der Waals surface area contributed by atoms with E-state index in [2.05, 4.69) is 26.9 Å². The highest BCUT2D eigenvalue weighted by Crippen LogP contribution is 2.39. The molecule has 6 rings (SSSR count). The van der Waals surface area contributed by atoms with Gasteiger partial charge in [-0.15, -0.1) is 0 Å². The quantitative estimate of drug-likeness (QED) is 0.201. The highest BCUT2D eigenvalue weighted by atomic mass is 16.5. The van der Waals surface area contributed by atoms with E-state index >= 15 is 0 Å². The van der Waals surface area contributed by atoms with Gasteiger partial charge < -0.3 is 25.8 Å². The highest BCUT2D eigenvalue weighted by molar-refractivity contribution is 6.04. The number of nitrogen functional groups attached to an aromatic ring is 1. The van der Waals surface area contributed by atoms with Gasteiger partial charge in [-0.3, -0.25) is 20.0 Å². The number of nitrogens with two attached hydrogens (primary N) is 1. The lowest BCUT2D eigenvalue weighted by atomic mass is 9.90. The fourth-order valence-electron chi connectivity index (χ4n) is 6.22. The number of carbonyl (C=O) groups is 3. The summed E-state index contributed by atoms with van der Waals surface area (Å²) in [4.78, 5) is 45.0.